The predicted molar refractivity (Wildman–Crippen MR) is 49.4 cm³/mol. The number of methoxy groups -OCH3 is 1. The van der Waals surface area contributed by atoms with E-state index in [2.05, 4.69) is 9.72 Å². The van der Waals surface area contributed by atoms with Gasteiger partial charge in [0, 0.05) is 0 Å². The van der Waals surface area contributed by atoms with Crippen LogP contribution in [0.2, 0.25) is 0 Å². The first-order valence-corrected chi connectivity index (χ1v) is 4.13. The molecule has 0 amide bonds. The highest BCUT2D eigenvalue weighted by molar-refractivity contribution is 5.92. The van der Waals surface area contributed by atoms with E-state index < -0.39 is 40.1 Å². The van der Waals surface area contributed by atoms with E-state index in [0.717, 1.165) is 7.11 Å². The van der Waals surface area contributed by atoms with Crippen molar-refractivity contribution < 1.29 is 28.3 Å². The van der Waals surface area contributed by atoms with E-state index in [1.807, 2.05) is 0 Å². The molecule has 0 aliphatic heterocycles. The van der Waals surface area contributed by atoms with Crippen molar-refractivity contribution in [3.8, 4) is 5.75 Å². The van der Waals surface area contributed by atoms with Crippen LogP contribution in [0.1, 0.15) is 22.5 Å². The fourth-order valence-corrected chi connectivity index (χ4v) is 1.15. The molecule has 0 spiro atoms. The summed E-state index contributed by atoms with van der Waals surface area (Å²) >= 11 is 0. The molecular formula is C8H6F2N2O5. The number of carbonyl (C=O) groups is 1. The number of rotatable bonds is 4. The number of halogens is 2. The van der Waals surface area contributed by atoms with E-state index in [-0.39, 0.29) is 0 Å². The zero-order valence-electron chi connectivity index (χ0n) is 8.39. The number of aromatic carboxylic acids is 1. The zero-order valence-corrected chi connectivity index (χ0v) is 8.39. The number of nitrogens with zero attached hydrogens (tertiary/aromatic N) is 2. The minimum absolute atomic E-state index is 0.533. The van der Waals surface area contributed by atoms with Crippen molar-refractivity contribution in [2.45, 2.75) is 6.43 Å². The Hall–Kier alpha value is -2.32. The molecule has 0 fully saturated rings. The van der Waals surface area contributed by atoms with Crippen LogP contribution in [0.25, 0.3) is 0 Å². The first kappa shape index (κ1) is 12.7. The van der Waals surface area contributed by atoms with Crippen LogP contribution in [0.4, 0.5) is 14.6 Å². The average molecular weight is 248 g/mol. The maximum atomic E-state index is 12.5. The first-order chi connectivity index (χ1) is 7.88. The first-order valence-electron chi connectivity index (χ1n) is 4.13. The van der Waals surface area contributed by atoms with Crippen molar-refractivity contribution in [3.63, 3.8) is 0 Å². The molecule has 0 bridgehead atoms. The zero-order chi connectivity index (χ0) is 13.2. The van der Waals surface area contributed by atoms with Crippen LogP contribution in [0.3, 0.4) is 0 Å². The third kappa shape index (κ3) is 2.44. The lowest BCUT2D eigenvalue weighted by atomic mass is 10.1. The van der Waals surface area contributed by atoms with Gasteiger partial charge < -0.3 is 20.0 Å². The van der Waals surface area contributed by atoms with Gasteiger partial charge in [-0.05, 0) is 9.91 Å². The molecule has 0 unspecified atom stereocenters. The highest BCUT2D eigenvalue weighted by Gasteiger charge is 2.31. The van der Waals surface area contributed by atoms with E-state index in [0.29, 0.717) is 6.07 Å². The topological polar surface area (TPSA) is 103 Å². The molecule has 17 heavy (non-hydrogen) atoms. The van der Waals surface area contributed by atoms with E-state index in [1.54, 1.807) is 0 Å². The minimum Gasteiger partial charge on any atom is -0.495 e. The monoisotopic (exact) mass is 248 g/mol. The summed E-state index contributed by atoms with van der Waals surface area (Å²) in [7, 11) is 1.01. The molecule has 0 saturated heterocycles. The molecule has 1 rings (SSSR count). The maximum absolute atomic E-state index is 12.5. The van der Waals surface area contributed by atoms with Crippen molar-refractivity contribution in [1.29, 1.82) is 0 Å². The van der Waals surface area contributed by atoms with Gasteiger partial charge >= 0.3 is 18.2 Å². The summed E-state index contributed by atoms with van der Waals surface area (Å²) in [5, 5.41) is 19.2. The van der Waals surface area contributed by atoms with Gasteiger partial charge in [0.1, 0.15) is 5.75 Å². The summed E-state index contributed by atoms with van der Waals surface area (Å²) in [6.07, 6.45) is -3.25. The Morgan fingerprint density at radius 3 is 2.59 bits per heavy atom. The largest absolute Gasteiger partial charge is 0.495 e. The molecule has 0 aromatic carbocycles. The van der Waals surface area contributed by atoms with Gasteiger partial charge in [0.25, 0.3) is 0 Å². The van der Waals surface area contributed by atoms with Crippen LogP contribution in [0.15, 0.2) is 6.07 Å². The number of aromatic nitrogens is 1. The Bertz CT molecular complexity index is 477. The van der Waals surface area contributed by atoms with Gasteiger partial charge in [-0.1, -0.05) is 0 Å². The van der Waals surface area contributed by atoms with Crippen LogP contribution in [-0.4, -0.2) is 28.1 Å². The second-order valence-corrected chi connectivity index (χ2v) is 2.81. The summed E-state index contributed by atoms with van der Waals surface area (Å²) in [5.41, 5.74) is -2.07. The van der Waals surface area contributed by atoms with Crippen molar-refractivity contribution in [2.24, 2.45) is 0 Å². The van der Waals surface area contributed by atoms with Gasteiger partial charge in [0.2, 0.25) is 5.69 Å². The van der Waals surface area contributed by atoms with Gasteiger partial charge in [0.05, 0.1) is 13.2 Å². The molecule has 0 atom stereocenters. The van der Waals surface area contributed by atoms with Crippen LogP contribution < -0.4 is 4.74 Å². The average Bonchev–Trinajstić information content (AvgIpc) is 2.26. The fraction of sp³-hybridized carbons (Fsp3) is 0.250. The molecule has 9 heteroatoms. The Labute approximate surface area is 92.8 Å². The molecule has 1 N–H and O–H groups in total. The molecule has 1 heterocycles. The Kier molecular flexibility index (Phi) is 3.51. The summed E-state index contributed by atoms with van der Waals surface area (Å²) < 4.78 is 29.6. The number of nitro groups is 1. The Morgan fingerprint density at radius 1 is 1.65 bits per heavy atom. The number of alkyl halides is 2. The quantitative estimate of drug-likeness (QED) is 0.641. The number of pyridine rings is 1. The third-order valence-electron chi connectivity index (χ3n) is 1.83. The van der Waals surface area contributed by atoms with Gasteiger partial charge in [-0.3, -0.25) is 0 Å². The lowest BCUT2D eigenvalue weighted by molar-refractivity contribution is -0.389. The maximum Gasteiger partial charge on any atom is 0.367 e. The fourth-order valence-electron chi connectivity index (χ4n) is 1.15. The van der Waals surface area contributed by atoms with Crippen molar-refractivity contribution in [1.82, 2.24) is 4.98 Å². The summed E-state index contributed by atoms with van der Waals surface area (Å²) in [6, 6.07) is 0.676. The molecule has 7 nitrogen and oxygen atoms in total. The normalized spacial score (nSPS) is 10.4. The van der Waals surface area contributed by atoms with Crippen molar-refractivity contribution in [3.05, 3.63) is 27.4 Å². The van der Waals surface area contributed by atoms with Crippen molar-refractivity contribution >= 4 is 11.8 Å². The smallest absolute Gasteiger partial charge is 0.367 e. The third-order valence-corrected chi connectivity index (χ3v) is 1.83. The van der Waals surface area contributed by atoms with Crippen LogP contribution in [-0.2, 0) is 0 Å². The molecule has 1 aromatic rings. The van der Waals surface area contributed by atoms with E-state index in [1.165, 1.54) is 0 Å². The van der Waals surface area contributed by atoms with Gasteiger partial charge in [-0.15, -0.1) is 0 Å². The van der Waals surface area contributed by atoms with Gasteiger partial charge in [-0.2, -0.15) is 0 Å². The second kappa shape index (κ2) is 4.68. The molecule has 92 valence electrons. The SMILES string of the molecule is COc1cc([N+](=O)[O-])nc(C(F)F)c1C(=O)O. The van der Waals surface area contributed by atoms with Crippen LogP contribution in [0.5, 0.6) is 5.75 Å². The number of carboxylic acids is 1. The second-order valence-electron chi connectivity index (χ2n) is 2.81. The summed E-state index contributed by atoms with van der Waals surface area (Å²) in [6.45, 7) is 0. The summed E-state index contributed by atoms with van der Waals surface area (Å²) in [5.74, 6) is -3.13. The number of carboxylic acid groups (broad SMARTS) is 1. The van der Waals surface area contributed by atoms with Crippen LogP contribution >= 0.6 is 0 Å². The molecular weight excluding hydrogens is 242 g/mol. The summed E-state index contributed by atoms with van der Waals surface area (Å²) in [4.78, 5) is 23.2. The van der Waals surface area contributed by atoms with E-state index in [9.17, 15) is 23.7 Å². The van der Waals surface area contributed by atoms with Gasteiger partial charge in [0.15, 0.2) is 5.56 Å². The number of ether oxygens (including phenoxy) is 1. The van der Waals surface area contributed by atoms with Crippen LogP contribution in [0, 0.1) is 10.1 Å². The Morgan fingerprint density at radius 2 is 2.24 bits per heavy atom. The molecule has 0 saturated carbocycles. The number of hydrogen-bond acceptors (Lipinski definition) is 5. The standard InChI is InChI=1S/C8H6F2N2O5/c1-17-3-2-4(12(15)16)11-6(7(9)10)5(3)8(13)14/h2,7H,1H3,(H,13,14). The predicted octanol–water partition coefficient (Wildman–Crippen LogP) is 1.63. The van der Waals surface area contributed by atoms with Gasteiger partial charge in [-0.25, -0.2) is 13.6 Å². The highest BCUT2D eigenvalue weighted by Crippen LogP contribution is 2.31. The molecule has 1 aromatic heterocycles. The Balaban J connectivity index is 3.57. The van der Waals surface area contributed by atoms with E-state index >= 15 is 0 Å². The van der Waals surface area contributed by atoms with Crippen molar-refractivity contribution in [2.75, 3.05) is 7.11 Å². The molecule has 0 radical (unpaired) electrons. The molecule has 0 aliphatic carbocycles. The molecule has 0 aliphatic rings. The highest BCUT2D eigenvalue weighted by atomic mass is 19.3. The lowest BCUT2D eigenvalue weighted by Gasteiger charge is -2.06. The minimum atomic E-state index is -3.25. The van der Waals surface area contributed by atoms with E-state index in [4.69, 9.17) is 5.11 Å². The number of hydrogen-bond donors (Lipinski definition) is 1. The lowest BCUT2D eigenvalue weighted by Crippen LogP contribution is -2.10.